The van der Waals surface area contributed by atoms with E-state index in [9.17, 15) is 4.39 Å². The summed E-state index contributed by atoms with van der Waals surface area (Å²) in [4.78, 5) is 8.80. The van der Waals surface area contributed by atoms with Gasteiger partial charge in [-0.1, -0.05) is 44.0 Å². The zero-order valence-electron chi connectivity index (χ0n) is 11.6. The lowest BCUT2D eigenvalue weighted by Crippen LogP contribution is -2.16. The molecule has 2 aromatic rings. The summed E-state index contributed by atoms with van der Waals surface area (Å²) in [5.74, 6) is 0.613. The number of anilines is 2. The second kappa shape index (κ2) is 6.07. The average Bonchev–Trinajstić information content (AvgIpc) is 2.34. The summed E-state index contributed by atoms with van der Waals surface area (Å²) in [6.07, 6.45) is 0. The lowest BCUT2D eigenvalue weighted by molar-refractivity contribution is 0.544. The summed E-state index contributed by atoms with van der Waals surface area (Å²) in [5, 5.41) is 2.96. The minimum absolute atomic E-state index is 0.0471. The second-order valence-electron chi connectivity index (χ2n) is 5.53. The maximum absolute atomic E-state index is 13.4. The van der Waals surface area contributed by atoms with Crippen LogP contribution in [0.3, 0.4) is 0 Å². The fourth-order valence-electron chi connectivity index (χ4n) is 1.59. The van der Waals surface area contributed by atoms with Crippen LogP contribution in [0.5, 0.6) is 0 Å². The molecule has 7 heteroatoms. The summed E-state index contributed by atoms with van der Waals surface area (Å²) in [7, 11) is 0. The van der Waals surface area contributed by atoms with Crippen LogP contribution in [0, 0.1) is 5.82 Å². The van der Waals surface area contributed by atoms with Crippen LogP contribution in [-0.2, 0) is 5.41 Å². The molecule has 0 saturated heterocycles. The van der Waals surface area contributed by atoms with Gasteiger partial charge in [-0.15, -0.1) is 0 Å². The van der Waals surface area contributed by atoms with Gasteiger partial charge >= 0.3 is 0 Å². The first-order valence-electron chi connectivity index (χ1n) is 6.13. The van der Waals surface area contributed by atoms with Gasteiger partial charge < -0.3 is 5.32 Å². The van der Waals surface area contributed by atoms with Gasteiger partial charge in [0.05, 0.1) is 10.0 Å². The maximum atomic E-state index is 13.4. The molecule has 0 fully saturated rings. The van der Waals surface area contributed by atoms with Gasteiger partial charge in [-0.3, -0.25) is 0 Å². The van der Waals surface area contributed by atoms with Crippen molar-refractivity contribution in [2.45, 2.75) is 26.2 Å². The molecule has 1 aromatic carbocycles. The Labute approximate surface area is 141 Å². The molecule has 112 valence electrons. The van der Waals surface area contributed by atoms with Crippen LogP contribution in [0.15, 0.2) is 22.8 Å². The Morgan fingerprint density at radius 3 is 2.19 bits per heavy atom. The van der Waals surface area contributed by atoms with Gasteiger partial charge in [0.25, 0.3) is 0 Å². The van der Waals surface area contributed by atoms with Crippen molar-refractivity contribution in [2.24, 2.45) is 0 Å². The van der Waals surface area contributed by atoms with Crippen LogP contribution in [0.25, 0.3) is 0 Å². The third kappa shape index (κ3) is 4.05. The second-order valence-corrected chi connectivity index (χ2v) is 7.16. The molecular formula is C14H13BrCl2FN3. The molecule has 0 spiro atoms. The van der Waals surface area contributed by atoms with E-state index in [0.29, 0.717) is 21.9 Å². The fourth-order valence-corrected chi connectivity index (χ4v) is 2.46. The van der Waals surface area contributed by atoms with E-state index in [4.69, 9.17) is 23.2 Å². The molecule has 3 nitrogen and oxygen atoms in total. The molecule has 0 radical (unpaired) electrons. The van der Waals surface area contributed by atoms with Crippen molar-refractivity contribution in [2.75, 3.05) is 5.32 Å². The van der Waals surface area contributed by atoms with Crippen LogP contribution in [0.4, 0.5) is 15.9 Å². The molecular weight excluding hydrogens is 380 g/mol. The first-order chi connectivity index (χ1) is 9.66. The highest BCUT2D eigenvalue weighted by atomic mass is 79.9. The highest BCUT2D eigenvalue weighted by molar-refractivity contribution is 9.10. The molecule has 0 saturated carbocycles. The lowest BCUT2D eigenvalue weighted by Gasteiger charge is -2.18. The molecule has 0 unspecified atom stereocenters. The molecule has 1 heterocycles. The number of benzene rings is 1. The van der Waals surface area contributed by atoms with E-state index in [-0.39, 0.29) is 15.5 Å². The number of hydrogen-bond donors (Lipinski definition) is 1. The highest BCUT2D eigenvalue weighted by Crippen LogP contribution is 2.30. The minimum atomic E-state index is -0.636. The number of aromatic nitrogens is 2. The monoisotopic (exact) mass is 391 g/mol. The zero-order valence-corrected chi connectivity index (χ0v) is 14.7. The van der Waals surface area contributed by atoms with Crippen molar-refractivity contribution in [3.8, 4) is 0 Å². The first-order valence-corrected chi connectivity index (χ1v) is 7.68. The number of halogens is 4. The van der Waals surface area contributed by atoms with Crippen LogP contribution in [0.1, 0.15) is 26.6 Å². The maximum Gasteiger partial charge on any atom is 0.160 e. The zero-order chi connectivity index (χ0) is 15.8. The van der Waals surface area contributed by atoms with E-state index >= 15 is 0 Å². The Balaban J connectivity index is 2.38. The van der Waals surface area contributed by atoms with Gasteiger partial charge in [0, 0.05) is 17.2 Å². The topological polar surface area (TPSA) is 37.8 Å². The molecule has 0 amide bonds. The average molecular weight is 393 g/mol. The van der Waals surface area contributed by atoms with Crippen molar-refractivity contribution in [1.82, 2.24) is 9.97 Å². The normalized spacial score (nSPS) is 11.6. The molecule has 0 atom stereocenters. The summed E-state index contributed by atoms with van der Waals surface area (Å²) in [5.41, 5.74) is 0.357. The van der Waals surface area contributed by atoms with Gasteiger partial charge in [0.2, 0.25) is 0 Å². The third-order valence-electron chi connectivity index (χ3n) is 2.62. The van der Waals surface area contributed by atoms with Crippen LogP contribution < -0.4 is 5.32 Å². The van der Waals surface area contributed by atoms with Gasteiger partial charge in [0.1, 0.15) is 16.2 Å². The Bertz CT molecular complexity index is 663. The minimum Gasteiger partial charge on any atom is -0.340 e. The Morgan fingerprint density at radius 2 is 1.67 bits per heavy atom. The molecule has 21 heavy (non-hydrogen) atoms. The van der Waals surface area contributed by atoms with Gasteiger partial charge in [-0.25, -0.2) is 14.4 Å². The number of nitrogens with zero attached hydrogens (tertiary/aromatic N) is 2. The largest absolute Gasteiger partial charge is 0.340 e. The summed E-state index contributed by atoms with van der Waals surface area (Å²) < 4.78 is 14.1. The molecule has 1 aromatic heterocycles. The Hall–Kier alpha value is -0.910. The Morgan fingerprint density at radius 1 is 1.10 bits per heavy atom. The molecule has 0 aliphatic rings. The SMILES string of the molecule is CC(C)(C)c1nc(Br)cc(Nc2cc(Cl)c(F)c(Cl)c2)n1. The summed E-state index contributed by atoms with van der Waals surface area (Å²) in [6, 6.07) is 4.63. The number of rotatable bonds is 2. The van der Waals surface area contributed by atoms with Crippen molar-refractivity contribution in [1.29, 1.82) is 0 Å². The van der Waals surface area contributed by atoms with Gasteiger partial charge in [-0.2, -0.15) is 0 Å². The van der Waals surface area contributed by atoms with Gasteiger partial charge in [-0.05, 0) is 28.1 Å². The Kier molecular flexibility index (Phi) is 4.76. The van der Waals surface area contributed by atoms with Crippen molar-refractivity contribution in [3.05, 3.63) is 44.5 Å². The molecule has 0 aliphatic heterocycles. The number of hydrogen-bond acceptors (Lipinski definition) is 3. The number of nitrogens with one attached hydrogen (secondary N) is 1. The smallest absolute Gasteiger partial charge is 0.160 e. The fraction of sp³-hybridized carbons (Fsp3) is 0.286. The van der Waals surface area contributed by atoms with E-state index in [1.807, 2.05) is 20.8 Å². The van der Waals surface area contributed by atoms with E-state index in [1.54, 1.807) is 6.07 Å². The van der Waals surface area contributed by atoms with Crippen molar-refractivity contribution in [3.63, 3.8) is 0 Å². The van der Waals surface area contributed by atoms with Crippen molar-refractivity contribution < 1.29 is 4.39 Å². The lowest BCUT2D eigenvalue weighted by atomic mass is 9.96. The van der Waals surface area contributed by atoms with E-state index in [2.05, 4.69) is 31.2 Å². The van der Waals surface area contributed by atoms with E-state index in [1.165, 1.54) is 12.1 Å². The van der Waals surface area contributed by atoms with E-state index < -0.39 is 5.82 Å². The summed E-state index contributed by atoms with van der Waals surface area (Å²) in [6.45, 7) is 6.05. The molecule has 1 N–H and O–H groups in total. The molecule has 2 rings (SSSR count). The van der Waals surface area contributed by atoms with Crippen LogP contribution in [-0.4, -0.2) is 9.97 Å². The quantitative estimate of drug-likeness (QED) is 0.524. The van der Waals surface area contributed by atoms with Gasteiger partial charge in [0.15, 0.2) is 5.82 Å². The molecule has 0 aliphatic carbocycles. The van der Waals surface area contributed by atoms with Crippen LogP contribution >= 0.6 is 39.1 Å². The summed E-state index contributed by atoms with van der Waals surface area (Å²) >= 11 is 14.9. The first kappa shape index (κ1) is 16.5. The van der Waals surface area contributed by atoms with Crippen molar-refractivity contribution >= 4 is 50.6 Å². The standard InChI is InChI=1S/C14H13BrCl2FN3/c1-14(2,3)13-20-10(15)6-11(21-13)19-7-4-8(16)12(18)9(17)5-7/h4-6H,1-3H3,(H,19,20,21). The predicted octanol–water partition coefficient (Wildman–Crippen LogP) is 5.73. The van der Waals surface area contributed by atoms with Crippen LogP contribution in [0.2, 0.25) is 10.0 Å². The predicted molar refractivity (Wildman–Crippen MR) is 88.1 cm³/mol. The molecule has 0 bridgehead atoms. The third-order valence-corrected chi connectivity index (χ3v) is 3.58. The van der Waals surface area contributed by atoms with E-state index in [0.717, 1.165) is 0 Å². The highest BCUT2D eigenvalue weighted by Gasteiger charge is 2.19.